The van der Waals surface area contributed by atoms with Crippen LogP contribution in [-0.2, 0) is 14.4 Å². The molecule has 21 heavy (non-hydrogen) atoms. The van der Waals surface area contributed by atoms with Crippen LogP contribution in [-0.4, -0.2) is 29.2 Å². The summed E-state index contributed by atoms with van der Waals surface area (Å²) in [5.74, 6) is -1.76. The van der Waals surface area contributed by atoms with Gasteiger partial charge >= 0.3 is 0 Å². The van der Waals surface area contributed by atoms with Crippen molar-refractivity contribution in [2.45, 2.75) is 20.8 Å². The van der Waals surface area contributed by atoms with Gasteiger partial charge in [-0.05, 0) is 24.6 Å². The number of carbonyl (C=O) groups excluding carboxylic acids is 3. The van der Waals surface area contributed by atoms with Gasteiger partial charge in [0.1, 0.15) is 6.54 Å². The molecule has 3 amide bonds. The predicted octanol–water partition coefficient (Wildman–Crippen LogP) is 1.16. The van der Waals surface area contributed by atoms with E-state index in [2.05, 4.69) is 5.32 Å². The molecule has 1 aromatic rings. The number of amides is 3. The molecule has 1 aliphatic heterocycles. The zero-order valence-electron chi connectivity index (χ0n) is 12.3. The van der Waals surface area contributed by atoms with Crippen molar-refractivity contribution in [2.75, 3.05) is 17.6 Å². The van der Waals surface area contributed by atoms with Gasteiger partial charge in [-0.1, -0.05) is 19.9 Å². The molecule has 1 fully saturated rings. The summed E-state index contributed by atoms with van der Waals surface area (Å²) >= 11 is 0. The maximum atomic E-state index is 12.0. The first-order chi connectivity index (χ1) is 9.82. The number of nitrogens with two attached hydrogens (primary N) is 1. The number of hydrogen-bond acceptors (Lipinski definition) is 4. The third-order valence-electron chi connectivity index (χ3n) is 4.01. The third kappa shape index (κ3) is 2.74. The Morgan fingerprint density at radius 3 is 2.38 bits per heavy atom. The Labute approximate surface area is 123 Å². The van der Waals surface area contributed by atoms with Crippen LogP contribution >= 0.6 is 0 Å². The maximum Gasteiger partial charge on any atom is 0.244 e. The molecule has 6 heteroatoms. The smallest absolute Gasteiger partial charge is 0.244 e. The van der Waals surface area contributed by atoms with E-state index < -0.39 is 5.91 Å². The van der Waals surface area contributed by atoms with Crippen molar-refractivity contribution in [3.05, 3.63) is 23.8 Å². The summed E-state index contributed by atoms with van der Waals surface area (Å²) in [5, 5.41) is 2.68. The molecule has 0 aliphatic carbocycles. The van der Waals surface area contributed by atoms with Gasteiger partial charge in [0, 0.05) is 23.2 Å². The lowest BCUT2D eigenvalue weighted by Gasteiger charge is -2.15. The Bertz CT molecular complexity index is 592. The molecule has 1 heterocycles. The van der Waals surface area contributed by atoms with Crippen molar-refractivity contribution in [2.24, 2.45) is 11.8 Å². The van der Waals surface area contributed by atoms with E-state index in [-0.39, 0.29) is 30.2 Å². The van der Waals surface area contributed by atoms with Gasteiger partial charge < -0.3 is 11.1 Å². The number of likely N-dealkylation sites (tertiary alicyclic amines) is 1. The van der Waals surface area contributed by atoms with Crippen LogP contribution in [0.1, 0.15) is 19.4 Å². The Balaban J connectivity index is 2.07. The molecule has 3 N–H and O–H groups in total. The molecule has 0 radical (unpaired) electrons. The average molecular weight is 289 g/mol. The molecule has 6 nitrogen and oxygen atoms in total. The van der Waals surface area contributed by atoms with Crippen molar-refractivity contribution < 1.29 is 14.4 Å². The molecular weight excluding hydrogens is 270 g/mol. The summed E-state index contributed by atoms with van der Waals surface area (Å²) in [6, 6.07) is 5.19. The van der Waals surface area contributed by atoms with E-state index in [1.165, 1.54) is 0 Å². The number of nitrogens with one attached hydrogen (secondary N) is 1. The van der Waals surface area contributed by atoms with Crippen LogP contribution in [0.5, 0.6) is 0 Å². The maximum absolute atomic E-state index is 12.0. The molecule has 1 aromatic carbocycles. The van der Waals surface area contributed by atoms with Crippen LogP contribution in [0.4, 0.5) is 11.4 Å². The highest BCUT2D eigenvalue weighted by molar-refractivity contribution is 6.08. The number of nitrogen functional groups attached to an aromatic ring is 1. The van der Waals surface area contributed by atoms with E-state index in [9.17, 15) is 14.4 Å². The summed E-state index contributed by atoms with van der Waals surface area (Å²) in [4.78, 5) is 36.9. The number of benzene rings is 1. The van der Waals surface area contributed by atoms with Crippen molar-refractivity contribution in [1.82, 2.24) is 4.90 Å². The summed E-state index contributed by atoms with van der Waals surface area (Å²) < 4.78 is 0. The number of rotatable bonds is 3. The summed E-state index contributed by atoms with van der Waals surface area (Å²) in [5.41, 5.74) is 7.68. The highest BCUT2D eigenvalue weighted by Crippen LogP contribution is 2.25. The quantitative estimate of drug-likeness (QED) is 0.645. The molecule has 2 unspecified atom stereocenters. The second-order valence-corrected chi connectivity index (χ2v) is 5.41. The standard InChI is InChI=1S/C15H19N3O3/c1-8-9(2)15(21)18(14(8)20)7-13(19)17-12-6-4-5-11(16)10(12)3/h4-6,8-9H,7,16H2,1-3H3,(H,17,19). The van der Waals surface area contributed by atoms with E-state index in [0.717, 1.165) is 10.5 Å². The predicted molar refractivity (Wildman–Crippen MR) is 79.3 cm³/mol. The summed E-state index contributed by atoms with van der Waals surface area (Å²) in [6.45, 7) is 4.93. The monoisotopic (exact) mass is 289 g/mol. The largest absolute Gasteiger partial charge is 0.398 e. The number of hydrogen-bond donors (Lipinski definition) is 2. The first-order valence-electron chi connectivity index (χ1n) is 6.83. The Hall–Kier alpha value is -2.37. The van der Waals surface area contributed by atoms with E-state index in [1.54, 1.807) is 39.0 Å². The van der Waals surface area contributed by atoms with Crippen LogP contribution < -0.4 is 11.1 Å². The molecule has 112 valence electrons. The lowest BCUT2D eigenvalue weighted by Crippen LogP contribution is -2.38. The Morgan fingerprint density at radius 2 is 1.81 bits per heavy atom. The van der Waals surface area contributed by atoms with E-state index >= 15 is 0 Å². The lowest BCUT2D eigenvalue weighted by atomic mass is 10.00. The van der Waals surface area contributed by atoms with Crippen molar-refractivity contribution in [3.8, 4) is 0 Å². The van der Waals surface area contributed by atoms with Crippen LogP contribution in [0.2, 0.25) is 0 Å². The molecule has 2 atom stereocenters. The van der Waals surface area contributed by atoms with Gasteiger partial charge in [-0.2, -0.15) is 0 Å². The van der Waals surface area contributed by atoms with Gasteiger partial charge in [0.05, 0.1) is 0 Å². The molecular formula is C15H19N3O3. The van der Waals surface area contributed by atoms with Gasteiger partial charge in [-0.3, -0.25) is 19.3 Å². The second kappa shape index (κ2) is 5.55. The molecule has 0 bridgehead atoms. The molecule has 0 aromatic heterocycles. The number of imide groups is 1. The summed E-state index contributed by atoms with van der Waals surface area (Å²) in [6.07, 6.45) is 0. The van der Waals surface area contributed by atoms with Crippen LogP contribution in [0.25, 0.3) is 0 Å². The number of nitrogens with zero attached hydrogens (tertiary/aromatic N) is 1. The topological polar surface area (TPSA) is 92.5 Å². The molecule has 0 saturated carbocycles. The lowest BCUT2D eigenvalue weighted by molar-refractivity contribution is -0.142. The minimum Gasteiger partial charge on any atom is -0.398 e. The van der Waals surface area contributed by atoms with Crippen LogP contribution in [0.15, 0.2) is 18.2 Å². The van der Waals surface area contributed by atoms with E-state index in [0.29, 0.717) is 11.4 Å². The Kier molecular flexibility index (Phi) is 3.97. The Morgan fingerprint density at radius 1 is 1.24 bits per heavy atom. The average Bonchev–Trinajstić information content (AvgIpc) is 2.62. The van der Waals surface area contributed by atoms with Crippen molar-refractivity contribution in [3.63, 3.8) is 0 Å². The minimum atomic E-state index is -0.410. The number of anilines is 2. The second-order valence-electron chi connectivity index (χ2n) is 5.41. The van der Waals surface area contributed by atoms with Gasteiger partial charge in [-0.15, -0.1) is 0 Å². The van der Waals surface area contributed by atoms with Crippen molar-refractivity contribution >= 4 is 29.1 Å². The molecule has 1 aliphatic rings. The molecule has 2 rings (SSSR count). The normalized spacial score (nSPS) is 21.8. The fourth-order valence-electron chi connectivity index (χ4n) is 2.31. The highest BCUT2D eigenvalue weighted by Gasteiger charge is 2.42. The molecule has 1 saturated heterocycles. The van der Waals surface area contributed by atoms with Gasteiger partial charge in [0.2, 0.25) is 17.7 Å². The van der Waals surface area contributed by atoms with E-state index in [1.807, 2.05) is 0 Å². The van der Waals surface area contributed by atoms with E-state index in [4.69, 9.17) is 5.73 Å². The van der Waals surface area contributed by atoms with Crippen LogP contribution in [0, 0.1) is 18.8 Å². The van der Waals surface area contributed by atoms with Gasteiger partial charge in [0.25, 0.3) is 0 Å². The fourth-order valence-corrected chi connectivity index (χ4v) is 2.31. The first-order valence-corrected chi connectivity index (χ1v) is 6.83. The van der Waals surface area contributed by atoms with Gasteiger partial charge in [-0.25, -0.2) is 0 Å². The summed E-state index contributed by atoms with van der Waals surface area (Å²) in [7, 11) is 0. The minimum absolute atomic E-state index is 0.263. The molecule has 0 spiro atoms. The fraction of sp³-hybridized carbons (Fsp3) is 0.400. The highest BCUT2D eigenvalue weighted by atomic mass is 16.2. The van der Waals surface area contributed by atoms with Crippen LogP contribution in [0.3, 0.4) is 0 Å². The van der Waals surface area contributed by atoms with Gasteiger partial charge in [0.15, 0.2) is 0 Å². The number of carbonyl (C=O) groups is 3. The zero-order valence-corrected chi connectivity index (χ0v) is 12.3. The first kappa shape index (κ1) is 15.0. The van der Waals surface area contributed by atoms with Crippen molar-refractivity contribution in [1.29, 1.82) is 0 Å². The third-order valence-corrected chi connectivity index (χ3v) is 4.01. The zero-order chi connectivity index (χ0) is 15.7. The SMILES string of the molecule is Cc1c(N)cccc1NC(=O)CN1C(=O)C(C)C(C)C1=O.